The highest BCUT2D eigenvalue weighted by molar-refractivity contribution is 6.24. The van der Waals surface area contributed by atoms with Gasteiger partial charge in [-0.05, 0) is 20.2 Å². The highest BCUT2D eigenvalue weighted by Gasteiger charge is 2.70. The Morgan fingerprint density at radius 3 is 2.29 bits per heavy atom. The molecule has 12 heteroatoms. The zero-order valence-electron chi connectivity index (χ0n) is 18.1. The van der Waals surface area contributed by atoms with Crippen LogP contribution in [-0.4, -0.2) is 96.6 Å². The fraction of sp³-hybridized carbons (Fsp3) is 0.409. The fourth-order valence-corrected chi connectivity index (χ4v) is 5.63. The summed E-state index contributed by atoms with van der Waals surface area (Å²) in [5.41, 5.74) is -2.82. The largest absolute Gasteiger partial charge is 0.508 e. The number of nitrogens with zero attached hydrogens (tertiary/aromatic N) is 1. The van der Waals surface area contributed by atoms with Crippen LogP contribution in [0, 0.1) is 11.8 Å². The molecule has 1 aromatic carbocycles. The van der Waals surface area contributed by atoms with Gasteiger partial charge in [0.2, 0.25) is 5.78 Å². The molecule has 0 saturated heterocycles. The van der Waals surface area contributed by atoms with Crippen molar-refractivity contribution in [1.82, 2.24) is 4.90 Å². The molecule has 0 aliphatic heterocycles. The molecule has 1 saturated carbocycles. The number of primary amides is 1. The Hall–Kier alpha value is -3.29. The van der Waals surface area contributed by atoms with Gasteiger partial charge in [-0.15, -0.1) is 0 Å². The van der Waals surface area contributed by atoms with Gasteiger partial charge in [-0.1, -0.05) is 12.1 Å². The van der Waals surface area contributed by atoms with Gasteiger partial charge < -0.3 is 41.5 Å². The maximum atomic E-state index is 13.7. The number of aromatic hydroxyl groups is 1. The SMILES string of the molecule is CN(C)C1C(=O)C(C(N)=O)=C(O)C2(O)C(=O)C3=C(O)c4c(O)cccc4C(O)(CO)C3C(O)C12. The van der Waals surface area contributed by atoms with E-state index in [1.807, 2.05) is 0 Å². The van der Waals surface area contributed by atoms with E-state index in [-0.39, 0.29) is 5.56 Å². The number of hydrogen-bond donors (Lipinski definition) is 8. The zero-order chi connectivity index (χ0) is 25.5. The number of fused-ring (bicyclic) bond motifs is 3. The topological polar surface area (TPSA) is 222 Å². The summed E-state index contributed by atoms with van der Waals surface area (Å²) in [6.45, 7) is -1.09. The summed E-state index contributed by atoms with van der Waals surface area (Å²) in [5.74, 6) is -10.5. The molecule has 34 heavy (non-hydrogen) atoms. The summed E-state index contributed by atoms with van der Waals surface area (Å²) in [7, 11) is 2.72. The van der Waals surface area contributed by atoms with Gasteiger partial charge in [0.25, 0.3) is 5.91 Å². The number of amides is 1. The Morgan fingerprint density at radius 1 is 1.15 bits per heavy atom. The summed E-state index contributed by atoms with van der Waals surface area (Å²) < 4.78 is 0. The lowest BCUT2D eigenvalue weighted by atomic mass is 9.53. The maximum Gasteiger partial charge on any atom is 0.255 e. The molecule has 182 valence electrons. The number of phenols is 1. The van der Waals surface area contributed by atoms with Crippen molar-refractivity contribution >= 4 is 23.2 Å². The van der Waals surface area contributed by atoms with E-state index in [0.717, 1.165) is 6.07 Å². The van der Waals surface area contributed by atoms with E-state index in [1.54, 1.807) is 0 Å². The molecular formula is C22H24N2O10. The molecule has 3 aliphatic carbocycles. The van der Waals surface area contributed by atoms with Gasteiger partial charge in [0.15, 0.2) is 11.4 Å². The van der Waals surface area contributed by atoms with Crippen LogP contribution in [0.2, 0.25) is 0 Å². The predicted molar refractivity (Wildman–Crippen MR) is 113 cm³/mol. The van der Waals surface area contributed by atoms with Crippen molar-refractivity contribution in [1.29, 1.82) is 0 Å². The van der Waals surface area contributed by atoms with Crippen LogP contribution in [0.15, 0.2) is 35.1 Å². The standard InChI is InChI=1S/C22H24N2O10/c1-24(2)14-13-17(29)12-10(18(30)22(13,34)19(31)11(16(14)28)20(23)32)15(27)9-7(21(12,33)6-25)4-3-5-8(9)26/h3-5,12-14,17,25-27,29,31,33-34H,6H2,1-2H3,(H2,23,32). The smallest absolute Gasteiger partial charge is 0.255 e. The van der Waals surface area contributed by atoms with Crippen LogP contribution in [0.3, 0.4) is 0 Å². The summed E-state index contributed by atoms with van der Waals surface area (Å²) in [6, 6.07) is 2.13. The van der Waals surface area contributed by atoms with Gasteiger partial charge in [0.05, 0.1) is 41.7 Å². The van der Waals surface area contributed by atoms with Crippen LogP contribution in [0.5, 0.6) is 5.75 Å². The van der Waals surface area contributed by atoms with Crippen LogP contribution in [-0.2, 0) is 20.0 Å². The monoisotopic (exact) mass is 476 g/mol. The number of hydrogen-bond acceptors (Lipinski definition) is 11. The molecule has 0 heterocycles. The molecule has 1 amide bonds. The third kappa shape index (κ3) is 2.62. The average Bonchev–Trinajstić information content (AvgIpc) is 2.76. The molecule has 0 bridgehead atoms. The molecule has 4 rings (SSSR count). The first-order valence-corrected chi connectivity index (χ1v) is 10.2. The highest BCUT2D eigenvalue weighted by Crippen LogP contribution is 2.57. The van der Waals surface area contributed by atoms with Gasteiger partial charge in [-0.3, -0.25) is 19.3 Å². The molecule has 0 radical (unpaired) electrons. The first-order valence-electron chi connectivity index (χ1n) is 10.2. The second kappa shape index (κ2) is 7.35. The lowest BCUT2D eigenvalue weighted by Crippen LogP contribution is -2.72. The Labute approximate surface area is 192 Å². The van der Waals surface area contributed by atoms with E-state index in [4.69, 9.17) is 5.73 Å². The molecule has 0 aromatic heterocycles. The van der Waals surface area contributed by atoms with Crippen LogP contribution >= 0.6 is 0 Å². The number of likely N-dealkylation sites (N-methyl/N-ethyl adjacent to an activating group) is 1. The van der Waals surface area contributed by atoms with E-state index in [2.05, 4.69) is 0 Å². The van der Waals surface area contributed by atoms with Gasteiger partial charge in [0.1, 0.15) is 28.4 Å². The number of Topliss-reactive ketones (excluding diaryl/α,β-unsaturated/α-hetero) is 2. The molecule has 6 atom stereocenters. The van der Waals surface area contributed by atoms with Gasteiger partial charge in [0, 0.05) is 5.56 Å². The molecule has 9 N–H and O–H groups in total. The molecule has 12 nitrogen and oxygen atoms in total. The molecular weight excluding hydrogens is 452 g/mol. The van der Waals surface area contributed by atoms with Crippen molar-refractivity contribution in [3.8, 4) is 5.75 Å². The quantitative estimate of drug-likeness (QED) is 0.214. The Morgan fingerprint density at radius 2 is 1.76 bits per heavy atom. The van der Waals surface area contributed by atoms with E-state index in [1.165, 1.54) is 31.1 Å². The molecule has 6 unspecified atom stereocenters. The summed E-state index contributed by atoms with van der Waals surface area (Å²) in [5, 5.41) is 76.6. The molecule has 3 aliphatic rings. The van der Waals surface area contributed by atoms with Gasteiger partial charge in [-0.25, -0.2) is 0 Å². The number of carbonyl (C=O) groups excluding carboxylic acids is 3. The van der Waals surface area contributed by atoms with Gasteiger partial charge >= 0.3 is 0 Å². The van der Waals surface area contributed by atoms with Crippen LogP contribution < -0.4 is 5.73 Å². The number of nitrogens with two attached hydrogens (primary N) is 1. The van der Waals surface area contributed by atoms with Crippen molar-refractivity contribution < 1.29 is 50.1 Å². The third-order valence-electron chi connectivity index (χ3n) is 7.11. The minimum absolute atomic E-state index is 0.209. The maximum absolute atomic E-state index is 13.7. The zero-order valence-corrected chi connectivity index (χ0v) is 18.1. The minimum atomic E-state index is -3.11. The number of aliphatic hydroxyl groups excluding tert-OH is 4. The summed E-state index contributed by atoms with van der Waals surface area (Å²) in [6.07, 6.45) is -2.03. The first kappa shape index (κ1) is 23.9. The number of phenolic OH excluding ortho intramolecular Hbond substituents is 1. The lowest BCUT2D eigenvalue weighted by molar-refractivity contribution is -0.187. The normalized spacial score (nSPS) is 35.3. The van der Waals surface area contributed by atoms with E-state index < -0.39 is 93.2 Å². The van der Waals surface area contributed by atoms with Crippen molar-refractivity contribution in [3.63, 3.8) is 0 Å². The predicted octanol–water partition coefficient (Wildman–Crippen LogP) is -2.43. The fourth-order valence-electron chi connectivity index (χ4n) is 5.63. The summed E-state index contributed by atoms with van der Waals surface area (Å²) >= 11 is 0. The number of aliphatic hydroxyl groups is 6. The molecule has 1 fully saturated rings. The number of rotatable bonds is 3. The summed E-state index contributed by atoms with van der Waals surface area (Å²) in [4.78, 5) is 39.9. The van der Waals surface area contributed by atoms with Crippen LogP contribution in [0.4, 0.5) is 0 Å². The van der Waals surface area contributed by atoms with Crippen molar-refractivity contribution in [3.05, 3.63) is 46.2 Å². The second-order valence-corrected chi connectivity index (χ2v) is 8.99. The second-order valence-electron chi connectivity index (χ2n) is 8.99. The number of carbonyl (C=O) groups is 3. The van der Waals surface area contributed by atoms with Crippen LogP contribution in [0.25, 0.3) is 5.76 Å². The average molecular weight is 476 g/mol. The first-order chi connectivity index (χ1) is 15.8. The highest BCUT2D eigenvalue weighted by atomic mass is 16.4. The Balaban J connectivity index is 2.12. The number of ketones is 2. The van der Waals surface area contributed by atoms with Gasteiger partial charge in [-0.2, -0.15) is 0 Å². The van der Waals surface area contributed by atoms with Crippen molar-refractivity contribution in [2.75, 3.05) is 20.7 Å². The van der Waals surface area contributed by atoms with Crippen LogP contribution in [0.1, 0.15) is 11.1 Å². The third-order valence-corrected chi connectivity index (χ3v) is 7.11. The lowest BCUT2D eigenvalue weighted by Gasteiger charge is -2.55. The van der Waals surface area contributed by atoms with Crippen molar-refractivity contribution in [2.24, 2.45) is 17.6 Å². The Kier molecular flexibility index (Phi) is 5.16. The van der Waals surface area contributed by atoms with Crippen molar-refractivity contribution in [2.45, 2.75) is 23.3 Å². The van der Waals surface area contributed by atoms with E-state index >= 15 is 0 Å². The molecule has 0 spiro atoms. The minimum Gasteiger partial charge on any atom is -0.508 e. The molecule has 1 aromatic rings. The number of benzene rings is 1. The van der Waals surface area contributed by atoms with E-state index in [9.17, 15) is 50.1 Å². The Bertz CT molecular complexity index is 1200. The van der Waals surface area contributed by atoms with E-state index in [0.29, 0.717) is 0 Å².